The van der Waals surface area contributed by atoms with Gasteiger partial charge in [0, 0.05) is 0 Å². The first-order valence-corrected chi connectivity index (χ1v) is 9.94. The molecule has 4 atom stereocenters. The maximum Gasteiger partial charge on any atom is 0.420 e. The van der Waals surface area contributed by atoms with Gasteiger partial charge in [-0.15, -0.1) is 0 Å². The summed E-state index contributed by atoms with van der Waals surface area (Å²) < 4.78 is 15.9. The predicted molar refractivity (Wildman–Crippen MR) is 104 cm³/mol. The van der Waals surface area contributed by atoms with Crippen molar-refractivity contribution in [2.24, 2.45) is 0 Å². The molecule has 0 radical (unpaired) electrons. The molecular weight excluding hydrogens is 382 g/mol. The van der Waals surface area contributed by atoms with Crippen molar-refractivity contribution >= 4 is 18.2 Å². The van der Waals surface area contributed by atoms with Gasteiger partial charge < -0.3 is 24.4 Å². The average Bonchev–Trinajstić information content (AvgIpc) is 2.51. The summed E-state index contributed by atoms with van der Waals surface area (Å²) in [6, 6.07) is -1.27. The number of rotatable bonds is 1. The van der Waals surface area contributed by atoms with Crippen molar-refractivity contribution in [3.05, 3.63) is 0 Å². The molecule has 29 heavy (non-hydrogen) atoms. The van der Waals surface area contributed by atoms with Gasteiger partial charge >= 0.3 is 18.2 Å². The van der Waals surface area contributed by atoms with E-state index in [9.17, 15) is 24.6 Å². The summed E-state index contributed by atoms with van der Waals surface area (Å²) in [6.45, 7) is 11.3. The normalized spacial score (nSPS) is 26.9. The smallest absolute Gasteiger partial charge is 0.420 e. The van der Waals surface area contributed by atoms with E-state index in [1.165, 1.54) is 6.92 Å². The number of aliphatic hydroxyl groups excluding tert-OH is 2. The van der Waals surface area contributed by atoms with Crippen molar-refractivity contribution in [1.82, 2.24) is 4.90 Å². The molecule has 1 saturated heterocycles. The second-order valence-corrected chi connectivity index (χ2v) is 9.33. The van der Waals surface area contributed by atoms with Crippen molar-refractivity contribution in [2.75, 3.05) is 0 Å². The highest BCUT2D eigenvalue weighted by Gasteiger charge is 2.42. The Morgan fingerprint density at radius 1 is 0.966 bits per heavy atom. The zero-order chi connectivity index (χ0) is 22.6. The Balaban J connectivity index is 3.22. The number of carbonyl (C=O) groups is 3. The molecule has 2 N–H and O–H groups in total. The summed E-state index contributed by atoms with van der Waals surface area (Å²) in [6.07, 6.45) is -4.02. The molecule has 168 valence electrons. The summed E-state index contributed by atoms with van der Waals surface area (Å²) in [5.74, 6) is -0.873. The third-order valence-electron chi connectivity index (χ3n) is 4.17. The zero-order valence-electron chi connectivity index (χ0n) is 18.4. The highest BCUT2D eigenvalue weighted by atomic mass is 16.6. The van der Waals surface area contributed by atoms with Gasteiger partial charge in [0.1, 0.15) is 29.5 Å². The Kier molecular flexibility index (Phi) is 8.47. The van der Waals surface area contributed by atoms with Crippen LogP contribution < -0.4 is 0 Å². The van der Waals surface area contributed by atoms with Crippen molar-refractivity contribution < 1.29 is 38.8 Å². The van der Waals surface area contributed by atoms with Gasteiger partial charge in [0.05, 0.1) is 6.10 Å². The van der Waals surface area contributed by atoms with Gasteiger partial charge in [-0.25, -0.2) is 14.4 Å². The van der Waals surface area contributed by atoms with Crippen LogP contribution in [0.15, 0.2) is 0 Å². The number of hydrogen-bond acceptors (Lipinski definition) is 8. The largest absolute Gasteiger partial charge is 0.458 e. The minimum atomic E-state index is -1.27. The molecule has 1 fully saturated rings. The maximum absolute atomic E-state index is 12.8. The van der Waals surface area contributed by atoms with E-state index in [4.69, 9.17) is 14.2 Å². The van der Waals surface area contributed by atoms with Crippen LogP contribution in [-0.4, -0.2) is 68.8 Å². The molecule has 0 bridgehead atoms. The molecule has 1 rings (SSSR count). The second-order valence-electron chi connectivity index (χ2n) is 9.33. The minimum Gasteiger partial charge on any atom is -0.458 e. The molecule has 0 aliphatic carbocycles. The fourth-order valence-corrected chi connectivity index (χ4v) is 2.81. The molecule has 0 aromatic heterocycles. The highest BCUT2D eigenvalue weighted by Crippen LogP contribution is 2.23. The van der Waals surface area contributed by atoms with Gasteiger partial charge in [-0.05, 0) is 61.3 Å². The van der Waals surface area contributed by atoms with Crippen LogP contribution in [-0.2, 0) is 19.0 Å². The molecule has 9 heteroatoms. The molecule has 1 aliphatic rings. The van der Waals surface area contributed by atoms with Gasteiger partial charge in [-0.3, -0.25) is 0 Å². The number of aliphatic hydroxyl groups is 2. The van der Waals surface area contributed by atoms with E-state index in [2.05, 4.69) is 0 Å². The third-order valence-corrected chi connectivity index (χ3v) is 4.17. The molecular formula is C20H35NO8. The fourth-order valence-electron chi connectivity index (χ4n) is 2.81. The fraction of sp³-hybridized carbons (Fsp3) is 0.850. The first kappa shape index (κ1) is 25.2. The number of esters is 1. The minimum absolute atomic E-state index is 0.118. The monoisotopic (exact) mass is 417 g/mol. The Morgan fingerprint density at radius 2 is 1.41 bits per heavy atom. The first-order valence-electron chi connectivity index (χ1n) is 9.94. The molecule has 0 spiro atoms. The Bertz CT molecular complexity index is 564. The number of carbonyl (C=O) groups excluding carboxylic acids is 3. The van der Waals surface area contributed by atoms with E-state index in [-0.39, 0.29) is 6.42 Å². The highest BCUT2D eigenvalue weighted by molar-refractivity contribution is 5.94. The molecule has 0 aromatic rings. The molecule has 0 unspecified atom stereocenters. The van der Waals surface area contributed by atoms with Gasteiger partial charge in [-0.2, -0.15) is 4.90 Å². The van der Waals surface area contributed by atoms with Gasteiger partial charge in [-0.1, -0.05) is 12.8 Å². The quantitative estimate of drug-likeness (QED) is 0.493. The lowest BCUT2D eigenvalue weighted by Crippen LogP contribution is -2.53. The summed E-state index contributed by atoms with van der Waals surface area (Å²) in [4.78, 5) is 39.0. The van der Waals surface area contributed by atoms with Crippen molar-refractivity contribution in [2.45, 2.75) is 110 Å². The standard InChI is InChI=1S/C20H35NO8/c1-12-15(23)14(22)11-9-8-10-13(16(24)27-12)21(17(25)28-19(2,3)4)18(26)29-20(5,6)7/h12-15,22-23H,8-11H2,1-7H3/t12-,13-,14-,15-/m0/s1. The number of ether oxygens (including phenoxy) is 3. The van der Waals surface area contributed by atoms with E-state index >= 15 is 0 Å². The van der Waals surface area contributed by atoms with E-state index in [1.807, 2.05) is 0 Å². The van der Waals surface area contributed by atoms with Crippen LogP contribution in [0.3, 0.4) is 0 Å². The molecule has 1 heterocycles. The summed E-state index contributed by atoms with van der Waals surface area (Å²) in [5, 5.41) is 20.1. The number of hydrogen-bond donors (Lipinski definition) is 2. The van der Waals surface area contributed by atoms with Crippen LogP contribution in [0.1, 0.15) is 74.1 Å². The first-order chi connectivity index (χ1) is 13.1. The van der Waals surface area contributed by atoms with E-state index in [0.29, 0.717) is 24.2 Å². The zero-order valence-corrected chi connectivity index (χ0v) is 18.4. The maximum atomic E-state index is 12.8. The number of amides is 2. The number of imide groups is 1. The SMILES string of the molecule is C[C@@H]1OC(=O)[C@@H](N(C(=O)OC(C)(C)C)C(=O)OC(C)(C)C)CCCC[C@H](O)[C@H]1O. The molecule has 0 saturated carbocycles. The van der Waals surface area contributed by atoms with Crippen LogP contribution in [0.5, 0.6) is 0 Å². The lowest BCUT2D eigenvalue weighted by molar-refractivity contribution is -0.165. The van der Waals surface area contributed by atoms with Gasteiger partial charge in [0.25, 0.3) is 0 Å². The van der Waals surface area contributed by atoms with Crippen LogP contribution >= 0.6 is 0 Å². The van der Waals surface area contributed by atoms with Crippen LogP contribution in [0.25, 0.3) is 0 Å². The Morgan fingerprint density at radius 3 is 1.86 bits per heavy atom. The van der Waals surface area contributed by atoms with E-state index in [0.717, 1.165) is 0 Å². The van der Waals surface area contributed by atoms with Crippen LogP contribution in [0.2, 0.25) is 0 Å². The van der Waals surface area contributed by atoms with E-state index in [1.54, 1.807) is 41.5 Å². The Labute approximate surface area is 172 Å². The Hall–Kier alpha value is -1.87. The van der Waals surface area contributed by atoms with Crippen molar-refractivity contribution in [3.8, 4) is 0 Å². The topological polar surface area (TPSA) is 123 Å². The average molecular weight is 417 g/mol. The number of nitrogens with zero attached hydrogens (tertiary/aromatic N) is 1. The predicted octanol–water partition coefficient (Wildman–Crippen LogP) is 2.75. The lowest BCUT2D eigenvalue weighted by atomic mass is 9.99. The van der Waals surface area contributed by atoms with Gasteiger partial charge in [0.15, 0.2) is 0 Å². The van der Waals surface area contributed by atoms with Crippen LogP contribution in [0.4, 0.5) is 9.59 Å². The lowest BCUT2D eigenvalue weighted by Gasteiger charge is -2.34. The van der Waals surface area contributed by atoms with Gasteiger partial charge in [0.2, 0.25) is 0 Å². The van der Waals surface area contributed by atoms with Crippen molar-refractivity contribution in [1.29, 1.82) is 0 Å². The van der Waals surface area contributed by atoms with Crippen molar-refractivity contribution in [3.63, 3.8) is 0 Å². The summed E-state index contributed by atoms with van der Waals surface area (Å²) >= 11 is 0. The number of cyclic esters (lactones) is 1. The second kappa shape index (κ2) is 9.75. The molecule has 1 aliphatic heterocycles. The molecule has 2 amide bonds. The van der Waals surface area contributed by atoms with E-state index < -0.39 is 53.7 Å². The molecule has 9 nitrogen and oxygen atoms in total. The summed E-state index contributed by atoms with van der Waals surface area (Å²) in [5.41, 5.74) is -1.80. The third kappa shape index (κ3) is 8.18. The summed E-state index contributed by atoms with van der Waals surface area (Å²) in [7, 11) is 0. The molecule has 0 aromatic carbocycles. The van der Waals surface area contributed by atoms with Crippen LogP contribution in [0, 0.1) is 0 Å².